The Kier molecular flexibility index (Phi) is 6.45. The van der Waals surface area contributed by atoms with Gasteiger partial charge >= 0.3 is 0 Å². The highest BCUT2D eigenvalue weighted by atomic mass is 35.5. The lowest BCUT2D eigenvalue weighted by molar-refractivity contribution is 0.107. The molecule has 0 aliphatic rings. The molecule has 0 amide bonds. The van der Waals surface area contributed by atoms with Gasteiger partial charge in [-0.25, -0.2) is 0 Å². The number of halogens is 6. The molecule has 0 fully saturated rings. The molecule has 0 bridgehead atoms. The number of hydrogen-bond acceptors (Lipinski definition) is 1. The van der Waals surface area contributed by atoms with Gasteiger partial charge in [-0.15, -0.1) is 0 Å². The summed E-state index contributed by atoms with van der Waals surface area (Å²) in [4.78, 5) is 0. The maximum absolute atomic E-state index is 5.61. The molecular formula is C6H4Cl6O. The van der Waals surface area contributed by atoms with Crippen molar-refractivity contribution in [2.24, 2.45) is 0 Å². The Morgan fingerprint density at radius 1 is 1.31 bits per heavy atom. The second kappa shape index (κ2) is 5.92. The summed E-state index contributed by atoms with van der Waals surface area (Å²) in [6.45, 7) is 3.35. The topological polar surface area (TPSA) is 9.23 Å². The van der Waals surface area contributed by atoms with Crippen LogP contribution in [0.3, 0.4) is 0 Å². The molecular weight excluding hydrogens is 301 g/mol. The van der Waals surface area contributed by atoms with E-state index in [0.717, 1.165) is 0 Å². The Labute approximate surface area is 106 Å². The highest BCUT2D eigenvalue weighted by molar-refractivity contribution is 6.63. The molecule has 0 aromatic carbocycles. The lowest BCUT2D eigenvalue weighted by atomic mass is 10.6. The van der Waals surface area contributed by atoms with E-state index in [1.165, 1.54) is 6.08 Å². The van der Waals surface area contributed by atoms with E-state index in [4.69, 9.17) is 74.3 Å². The van der Waals surface area contributed by atoms with Gasteiger partial charge in [-0.2, -0.15) is 0 Å². The van der Waals surface area contributed by atoms with Gasteiger partial charge in [0.2, 0.25) is 0 Å². The molecule has 0 spiro atoms. The number of hydrogen-bond donors (Lipinski definition) is 0. The molecule has 0 aromatic heterocycles. The molecule has 0 radical (unpaired) electrons. The van der Waals surface area contributed by atoms with E-state index >= 15 is 0 Å². The molecule has 0 saturated carbocycles. The van der Waals surface area contributed by atoms with Gasteiger partial charge in [0.05, 0.1) is 0 Å². The third kappa shape index (κ3) is 4.98. The lowest BCUT2D eigenvalue weighted by Crippen LogP contribution is -2.22. The monoisotopic (exact) mass is 302 g/mol. The molecule has 13 heavy (non-hydrogen) atoms. The first-order valence-corrected chi connectivity index (χ1v) is 5.17. The lowest BCUT2D eigenvalue weighted by Gasteiger charge is -2.21. The zero-order valence-corrected chi connectivity index (χ0v) is 10.6. The van der Waals surface area contributed by atoms with E-state index in [2.05, 4.69) is 6.58 Å². The van der Waals surface area contributed by atoms with Gasteiger partial charge in [0.25, 0.3) is 4.52 Å². The Morgan fingerprint density at radius 3 is 2.08 bits per heavy atom. The first kappa shape index (κ1) is 14.2. The Bertz CT molecular complexity index is 219. The minimum Gasteiger partial charge on any atom is -0.319 e. The van der Waals surface area contributed by atoms with Crippen LogP contribution in [0, 0.1) is 0 Å². The Morgan fingerprint density at radius 2 is 1.77 bits per heavy atom. The van der Waals surface area contributed by atoms with Crippen molar-refractivity contribution in [3.8, 4) is 0 Å². The molecule has 7 heteroatoms. The summed E-state index contributed by atoms with van der Waals surface area (Å²) in [6.07, 6.45) is 1.27. The van der Waals surface area contributed by atoms with Crippen LogP contribution in [0.5, 0.6) is 0 Å². The molecule has 0 aliphatic heterocycles. The van der Waals surface area contributed by atoms with Crippen molar-refractivity contribution in [3.63, 3.8) is 0 Å². The summed E-state index contributed by atoms with van der Waals surface area (Å²) in [6, 6.07) is 0. The first-order chi connectivity index (χ1) is 5.81. The molecule has 0 aromatic rings. The van der Waals surface area contributed by atoms with Crippen LogP contribution in [0.25, 0.3) is 0 Å². The zero-order chi connectivity index (χ0) is 10.6. The van der Waals surface area contributed by atoms with Crippen LogP contribution in [0.4, 0.5) is 0 Å². The van der Waals surface area contributed by atoms with Crippen LogP contribution in [0.2, 0.25) is 0 Å². The molecule has 0 saturated heterocycles. The number of alkyl halides is 3. The minimum absolute atomic E-state index is 0.258. The van der Waals surface area contributed by atoms with Gasteiger partial charge in [0.1, 0.15) is 9.52 Å². The van der Waals surface area contributed by atoms with Crippen LogP contribution in [-0.2, 0) is 4.74 Å². The molecule has 1 unspecified atom stereocenters. The molecule has 76 valence electrons. The normalized spacial score (nSPS) is 13.7. The molecule has 0 rings (SSSR count). The van der Waals surface area contributed by atoms with Crippen molar-refractivity contribution >= 4 is 69.6 Å². The second-order valence-electron chi connectivity index (χ2n) is 1.80. The maximum Gasteiger partial charge on any atom is 0.259 e. The van der Waals surface area contributed by atoms with E-state index in [-0.39, 0.29) is 9.52 Å². The summed E-state index contributed by atoms with van der Waals surface area (Å²) in [5.41, 5.74) is -0.892. The highest BCUT2D eigenvalue weighted by Gasteiger charge is 2.33. The fourth-order valence-electron chi connectivity index (χ4n) is 0.351. The van der Waals surface area contributed by atoms with Crippen molar-refractivity contribution in [1.29, 1.82) is 0 Å². The summed E-state index contributed by atoms with van der Waals surface area (Å²) in [5, 5.41) is -0.258. The van der Waals surface area contributed by atoms with Crippen LogP contribution in [0.1, 0.15) is 0 Å². The van der Waals surface area contributed by atoms with Crippen LogP contribution in [-0.4, -0.2) is 10.1 Å². The predicted molar refractivity (Wildman–Crippen MR) is 59.9 cm³/mol. The van der Waals surface area contributed by atoms with Gasteiger partial charge in [-0.05, 0) is 6.08 Å². The fraction of sp³-hybridized carbons (Fsp3) is 0.333. The number of rotatable bonds is 4. The summed E-state index contributed by atoms with van der Waals surface area (Å²) < 4.78 is 2.66. The van der Waals surface area contributed by atoms with Gasteiger partial charge in [0, 0.05) is 0 Å². The average molecular weight is 305 g/mol. The second-order valence-corrected chi connectivity index (χ2v) is 4.81. The van der Waals surface area contributed by atoms with Crippen LogP contribution >= 0.6 is 69.6 Å². The third-order valence-corrected chi connectivity index (χ3v) is 2.91. The average Bonchev–Trinajstić information content (AvgIpc) is 2.01. The minimum atomic E-state index is -1.87. The molecule has 1 atom stereocenters. The molecule has 0 heterocycles. The standard InChI is InChI=1S/C6H4Cl6O/c1-2-3(7)13-6(11,12)4(8)5(9)10/h2-3H,1H2. The maximum atomic E-state index is 5.61. The van der Waals surface area contributed by atoms with Crippen molar-refractivity contribution in [1.82, 2.24) is 0 Å². The van der Waals surface area contributed by atoms with Gasteiger partial charge < -0.3 is 4.74 Å². The van der Waals surface area contributed by atoms with Crippen molar-refractivity contribution in [3.05, 3.63) is 22.2 Å². The predicted octanol–water partition coefficient (Wildman–Crippen LogP) is 4.77. The fourth-order valence-corrected chi connectivity index (χ4v) is 1.46. The van der Waals surface area contributed by atoms with Crippen molar-refractivity contribution in [2.45, 2.75) is 10.1 Å². The Hall–Kier alpha value is 1.18. The molecule has 0 N–H and O–H groups in total. The van der Waals surface area contributed by atoms with Crippen LogP contribution < -0.4 is 0 Å². The number of ether oxygens (including phenoxy) is 1. The summed E-state index contributed by atoms with van der Waals surface area (Å²) >= 11 is 32.9. The van der Waals surface area contributed by atoms with Gasteiger partial charge in [-0.3, -0.25) is 0 Å². The van der Waals surface area contributed by atoms with E-state index in [1.54, 1.807) is 0 Å². The van der Waals surface area contributed by atoms with E-state index < -0.39 is 10.1 Å². The largest absolute Gasteiger partial charge is 0.319 e. The summed E-state index contributed by atoms with van der Waals surface area (Å²) in [7, 11) is 0. The smallest absolute Gasteiger partial charge is 0.259 e. The molecule has 0 aliphatic carbocycles. The quantitative estimate of drug-likeness (QED) is 0.537. The molecule has 1 nitrogen and oxygen atoms in total. The summed E-state index contributed by atoms with van der Waals surface area (Å²) in [5.74, 6) is 0. The van der Waals surface area contributed by atoms with Crippen molar-refractivity contribution < 1.29 is 4.74 Å². The van der Waals surface area contributed by atoms with Gasteiger partial charge in [-0.1, -0.05) is 76.2 Å². The Balaban J connectivity index is 4.58. The van der Waals surface area contributed by atoms with E-state index in [9.17, 15) is 0 Å². The SMILES string of the molecule is C=CC(Cl)OC(Cl)(Cl)C(Cl)=C(Cl)Cl. The van der Waals surface area contributed by atoms with Crippen molar-refractivity contribution in [2.75, 3.05) is 0 Å². The zero-order valence-electron chi connectivity index (χ0n) is 6.04. The highest BCUT2D eigenvalue weighted by Crippen LogP contribution is 2.39. The van der Waals surface area contributed by atoms with Gasteiger partial charge in [0.15, 0.2) is 5.56 Å². The van der Waals surface area contributed by atoms with E-state index in [1.807, 2.05) is 0 Å². The first-order valence-electron chi connectivity index (χ1n) is 2.84. The third-order valence-electron chi connectivity index (χ3n) is 0.867. The van der Waals surface area contributed by atoms with Crippen LogP contribution in [0.15, 0.2) is 22.2 Å². The van der Waals surface area contributed by atoms with E-state index in [0.29, 0.717) is 0 Å².